The van der Waals surface area contributed by atoms with E-state index in [4.69, 9.17) is 10.2 Å². The van der Waals surface area contributed by atoms with Gasteiger partial charge in [0.2, 0.25) is 15.9 Å². The molecular weight excluding hydrogens is 234 g/mol. The zero-order chi connectivity index (χ0) is 12.4. The molecule has 0 atom stereocenters. The van der Waals surface area contributed by atoms with Gasteiger partial charge in [-0.25, -0.2) is 8.42 Å². The Morgan fingerprint density at radius 1 is 1.38 bits per heavy atom. The third-order valence-electron chi connectivity index (χ3n) is 2.96. The van der Waals surface area contributed by atoms with Gasteiger partial charge in [-0.2, -0.15) is 0 Å². The number of sulfonamides is 1. The van der Waals surface area contributed by atoms with E-state index in [1.165, 1.54) is 0 Å². The second-order valence-electron chi connectivity index (χ2n) is 4.13. The Balaban J connectivity index is 2.76. The van der Waals surface area contributed by atoms with Crippen LogP contribution in [0.1, 0.15) is 26.2 Å². The van der Waals surface area contributed by atoms with Crippen molar-refractivity contribution in [3.63, 3.8) is 0 Å². The van der Waals surface area contributed by atoms with Gasteiger partial charge in [0.1, 0.15) is 0 Å². The maximum absolute atomic E-state index is 11.7. The summed E-state index contributed by atoms with van der Waals surface area (Å²) < 4.78 is 24.9. The molecule has 94 valence electrons. The number of carbonyl (C=O) groups excluding carboxylic acids is 1. The standard InChI is InChI=1S/C9H17NO5S/c1-2-9(5-11,6-12)8(13)10-16(14,15)7-3-4-7/h7,11-12H,2-6H2,1H3,(H,10,13). The van der Waals surface area contributed by atoms with Crippen molar-refractivity contribution >= 4 is 15.9 Å². The number of rotatable bonds is 6. The maximum atomic E-state index is 11.7. The van der Waals surface area contributed by atoms with Gasteiger partial charge < -0.3 is 10.2 Å². The first-order valence-electron chi connectivity index (χ1n) is 5.19. The molecule has 0 aromatic heterocycles. The third kappa shape index (κ3) is 2.53. The number of nitrogens with one attached hydrogen (secondary N) is 1. The number of amides is 1. The van der Waals surface area contributed by atoms with Crippen LogP contribution in [0.5, 0.6) is 0 Å². The summed E-state index contributed by atoms with van der Waals surface area (Å²) in [6.07, 6.45) is 1.28. The molecule has 0 aliphatic heterocycles. The maximum Gasteiger partial charge on any atom is 0.244 e. The number of aliphatic hydroxyl groups is 2. The summed E-state index contributed by atoms with van der Waals surface area (Å²) in [4.78, 5) is 11.7. The second-order valence-corrected chi connectivity index (χ2v) is 6.09. The molecule has 0 aromatic carbocycles. The van der Waals surface area contributed by atoms with Gasteiger partial charge in [-0.05, 0) is 19.3 Å². The molecule has 6 nitrogen and oxygen atoms in total. The Kier molecular flexibility index (Phi) is 3.92. The predicted octanol–water partition coefficient (Wildman–Crippen LogP) is -1.02. The number of hydrogen-bond acceptors (Lipinski definition) is 5. The van der Waals surface area contributed by atoms with Crippen molar-refractivity contribution in [2.45, 2.75) is 31.4 Å². The van der Waals surface area contributed by atoms with E-state index in [-0.39, 0.29) is 6.42 Å². The van der Waals surface area contributed by atoms with Crippen LogP contribution < -0.4 is 4.72 Å². The molecule has 0 spiro atoms. The average Bonchev–Trinajstić information content (AvgIpc) is 3.04. The Labute approximate surface area is 94.7 Å². The molecule has 16 heavy (non-hydrogen) atoms. The first-order chi connectivity index (χ1) is 7.41. The number of hydrogen-bond donors (Lipinski definition) is 3. The van der Waals surface area contributed by atoms with E-state index in [0.29, 0.717) is 12.8 Å². The molecule has 0 heterocycles. The van der Waals surface area contributed by atoms with Crippen molar-refractivity contribution in [2.75, 3.05) is 13.2 Å². The molecule has 1 rings (SSSR count). The van der Waals surface area contributed by atoms with Gasteiger partial charge in [-0.3, -0.25) is 9.52 Å². The highest BCUT2D eigenvalue weighted by Gasteiger charge is 2.42. The Bertz CT molecular complexity index is 348. The van der Waals surface area contributed by atoms with Crippen molar-refractivity contribution in [1.82, 2.24) is 4.72 Å². The topological polar surface area (TPSA) is 104 Å². The Hall–Kier alpha value is -0.660. The summed E-state index contributed by atoms with van der Waals surface area (Å²) in [6.45, 7) is 0.452. The molecule has 0 unspecified atom stereocenters. The summed E-state index contributed by atoms with van der Waals surface area (Å²) >= 11 is 0. The third-order valence-corrected chi connectivity index (χ3v) is 4.78. The lowest BCUT2D eigenvalue weighted by molar-refractivity contribution is -0.134. The van der Waals surface area contributed by atoms with Crippen LogP contribution >= 0.6 is 0 Å². The van der Waals surface area contributed by atoms with Crippen LogP contribution in [0.4, 0.5) is 0 Å². The largest absolute Gasteiger partial charge is 0.395 e. The molecule has 1 amide bonds. The lowest BCUT2D eigenvalue weighted by Gasteiger charge is -2.26. The zero-order valence-corrected chi connectivity index (χ0v) is 9.96. The van der Waals surface area contributed by atoms with E-state index in [1.807, 2.05) is 4.72 Å². The van der Waals surface area contributed by atoms with Gasteiger partial charge in [0.25, 0.3) is 0 Å². The molecule has 0 radical (unpaired) electrons. The smallest absolute Gasteiger partial charge is 0.244 e. The van der Waals surface area contributed by atoms with Gasteiger partial charge in [-0.1, -0.05) is 6.92 Å². The molecule has 0 bridgehead atoms. The van der Waals surface area contributed by atoms with E-state index < -0.39 is 39.8 Å². The summed E-state index contributed by atoms with van der Waals surface area (Å²) in [5.41, 5.74) is -1.41. The minimum absolute atomic E-state index is 0.173. The van der Waals surface area contributed by atoms with E-state index >= 15 is 0 Å². The van der Waals surface area contributed by atoms with E-state index in [9.17, 15) is 13.2 Å². The Morgan fingerprint density at radius 2 is 1.88 bits per heavy atom. The van der Waals surface area contributed by atoms with Crippen LogP contribution in [0, 0.1) is 5.41 Å². The van der Waals surface area contributed by atoms with Crippen molar-refractivity contribution in [1.29, 1.82) is 0 Å². The van der Waals surface area contributed by atoms with Gasteiger partial charge in [0.15, 0.2) is 0 Å². The minimum Gasteiger partial charge on any atom is -0.395 e. The molecule has 1 aliphatic rings. The normalized spacial score (nSPS) is 17.2. The van der Waals surface area contributed by atoms with Crippen LogP contribution in [0.25, 0.3) is 0 Å². The number of aliphatic hydroxyl groups excluding tert-OH is 2. The molecule has 0 aromatic rings. The van der Waals surface area contributed by atoms with Gasteiger partial charge in [0, 0.05) is 0 Å². The average molecular weight is 251 g/mol. The van der Waals surface area contributed by atoms with Crippen molar-refractivity contribution in [3.8, 4) is 0 Å². The van der Waals surface area contributed by atoms with E-state index in [0.717, 1.165) is 0 Å². The van der Waals surface area contributed by atoms with Gasteiger partial charge >= 0.3 is 0 Å². The SMILES string of the molecule is CCC(CO)(CO)C(=O)NS(=O)(=O)C1CC1. The van der Waals surface area contributed by atoms with Gasteiger partial charge in [-0.15, -0.1) is 0 Å². The molecule has 1 fully saturated rings. The molecule has 7 heteroatoms. The fourth-order valence-electron chi connectivity index (χ4n) is 1.28. The first-order valence-corrected chi connectivity index (χ1v) is 6.74. The minimum atomic E-state index is -3.62. The predicted molar refractivity (Wildman–Crippen MR) is 57.0 cm³/mol. The summed E-state index contributed by atoms with van der Waals surface area (Å²) in [5.74, 6) is -0.827. The van der Waals surface area contributed by atoms with Crippen molar-refractivity contribution in [3.05, 3.63) is 0 Å². The highest BCUT2D eigenvalue weighted by Crippen LogP contribution is 2.29. The summed E-state index contributed by atoms with van der Waals surface area (Å²) in [5, 5.41) is 17.7. The second kappa shape index (κ2) is 4.68. The lowest BCUT2D eigenvalue weighted by Crippen LogP contribution is -2.48. The van der Waals surface area contributed by atoms with Crippen LogP contribution in [-0.2, 0) is 14.8 Å². The first kappa shape index (κ1) is 13.4. The van der Waals surface area contributed by atoms with Crippen LogP contribution in [-0.4, -0.2) is 43.0 Å². The summed E-state index contributed by atoms with van der Waals surface area (Å²) in [7, 11) is -3.62. The fourth-order valence-corrected chi connectivity index (χ4v) is 2.68. The fraction of sp³-hybridized carbons (Fsp3) is 0.889. The van der Waals surface area contributed by atoms with Gasteiger partial charge in [0.05, 0.1) is 23.9 Å². The van der Waals surface area contributed by atoms with Crippen molar-refractivity contribution in [2.24, 2.45) is 5.41 Å². The number of carbonyl (C=O) groups is 1. The molecule has 1 aliphatic carbocycles. The van der Waals surface area contributed by atoms with Crippen LogP contribution in [0.3, 0.4) is 0 Å². The highest BCUT2D eigenvalue weighted by molar-refractivity contribution is 7.90. The Morgan fingerprint density at radius 3 is 2.19 bits per heavy atom. The molecule has 0 saturated heterocycles. The van der Waals surface area contributed by atoms with Crippen LogP contribution in [0.2, 0.25) is 0 Å². The zero-order valence-electron chi connectivity index (χ0n) is 9.14. The van der Waals surface area contributed by atoms with Crippen LogP contribution in [0.15, 0.2) is 0 Å². The monoisotopic (exact) mass is 251 g/mol. The molecular formula is C9H17NO5S. The summed E-state index contributed by atoms with van der Waals surface area (Å²) in [6, 6.07) is 0. The van der Waals surface area contributed by atoms with Crippen molar-refractivity contribution < 1.29 is 23.4 Å². The highest BCUT2D eigenvalue weighted by atomic mass is 32.2. The quantitative estimate of drug-likeness (QED) is 0.560. The molecule has 3 N–H and O–H groups in total. The van der Waals surface area contributed by atoms with E-state index in [2.05, 4.69) is 0 Å². The van der Waals surface area contributed by atoms with E-state index in [1.54, 1.807) is 6.92 Å². The lowest BCUT2D eigenvalue weighted by atomic mass is 9.86. The molecule has 1 saturated carbocycles.